The van der Waals surface area contributed by atoms with Crippen molar-refractivity contribution < 1.29 is 4.79 Å². The molecule has 0 aliphatic carbocycles. The zero-order valence-electron chi connectivity index (χ0n) is 8.03. The van der Waals surface area contributed by atoms with Gasteiger partial charge in [0.1, 0.15) is 0 Å². The second-order valence-electron chi connectivity index (χ2n) is 3.48. The molecule has 0 saturated carbocycles. The Labute approximate surface area is 82.7 Å². The molecule has 1 aliphatic rings. The van der Waals surface area contributed by atoms with Crippen molar-refractivity contribution >= 4 is 11.7 Å². The van der Waals surface area contributed by atoms with Crippen LogP contribution in [-0.2, 0) is 0 Å². The Balaban J connectivity index is 2.28. The normalized spacial score (nSPS) is 21.1. The standard InChI is InChI=1S/C10H13N3O/c1-13-9(6-12-10(13)14)7-3-2-4-8(11)5-7/h2-5,9H,6,11H2,1H3,(H,12,14). The second kappa shape index (κ2) is 3.21. The minimum atomic E-state index is -0.0302. The molecule has 3 N–H and O–H groups in total. The Morgan fingerprint density at radius 1 is 1.57 bits per heavy atom. The van der Waals surface area contributed by atoms with Gasteiger partial charge in [-0.05, 0) is 17.7 Å². The number of nitrogen functional groups attached to an aromatic ring is 1. The van der Waals surface area contributed by atoms with E-state index >= 15 is 0 Å². The van der Waals surface area contributed by atoms with Crippen molar-refractivity contribution in [3.63, 3.8) is 0 Å². The van der Waals surface area contributed by atoms with Crippen LogP contribution in [0.3, 0.4) is 0 Å². The van der Waals surface area contributed by atoms with Crippen LogP contribution in [0.2, 0.25) is 0 Å². The number of benzene rings is 1. The Hall–Kier alpha value is -1.71. The Bertz CT molecular complexity index is 364. The molecule has 1 fully saturated rings. The topological polar surface area (TPSA) is 58.4 Å². The lowest BCUT2D eigenvalue weighted by atomic mass is 10.1. The number of carbonyl (C=O) groups is 1. The Morgan fingerprint density at radius 2 is 2.36 bits per heavy atom. The first-order valence-electron chi connectivity index (χ1n) is 4.54. The molecule has 0 bridgehead atoms. The molecule has 1 heterocycles. The number of hydrogen-bond acceptors (Lipinski definition) is 2. The predicted molar refractivity (Wildman–Crippen MR) is 54.8 cm³/mol. The number of likely N-dealkylation sites (N-methyl/N-ethyl adjacent to an activating group) is 1. The van der Waals surface area contributed by atoms with Crippen molar-refractivity contribution in [3.8, 4) is 0 Å². The van der Waals surface area contributed by atoms with Gasteiger partial charge in [0.15, 0.2) is 0 Å². The van der Waals surface area contributed by atoms with E-state index in [1.165, 1.54) is 0 Å². The van der Waals surface area contributed by atoms with Gasteiger partial charge in [-0.2, -0.15) is 0 Å². The molecule has 2 rings (SSSR count). The fraction of sp³-hybridized carbons (Fsp3) is 0.300. The number of amides is 2. The first kappa shape index (κ1) is 8.87. The van der Waals surface area contributed by atoms with Gasteiger partial charge in [0.05, 0.1) is 6.04 Å². The van der Waals surface area contributed by atoms with Gasteiger partial charge in [0, 0.05) is 19.3 Å². The zero-order valence-corrected chi connectivity index (χ0v) is 8.03. The van der Waals surface area contributed by atoms with Crippen LogP contribution in [0.25, 0.3) is 0 Å². The molecule has 1 saturated heterocycles. The van der Waals surface area contributed by atoms with Crippen LogP contribution in [0.1, 0.15) is 11.6 Å². The Kier molecular flexibility index (Phi) is 2.04. The van der Waals surface area contributed by atoms with E-state index in [0.717, 1.165) is 11.3 Å². The molecule has 1 atom stereocenters. The number of nitrogens with one attached hydrogen (secondary N) is 1. The highest BCUT2D eigenvalue weighted by atomic mass is 16.2. The summed E-state index contributed by atoms with van der Waals surface area (Å²) in [6.45, 7) is 0.652. The molecule has 1 unspecified atom stereocenters. The van der Waals surface area contributed by atoms with E-state index in [1.807, 2.05) is 24.3 Å². The summed E-state index contributed by atoms with van der Waals surface area (Å²) in [5.41, 5.74) is 7.49. The van der Waals surface area contributed by atoms with Gasteiger partial charge in [-0.3, -0.25) is 0 Å². The molecule has 0 radical (unpaired) electrons. The number of urea groups is 1. The van der Waals surface area contributed by atoms with Gasteiger partial charge in [-0.15, -0.1) is 0 Å². The Morgan fingerprint density at radius 3 is 2.93 bits per heavy atom. The van der Waals surface area contributed by atoms with Crippen molar-refractivity contribution in [2.24, 2.45) is 0 Å². The predicted octanol–water partition coefficient (Wildman–Crippen LogP) is 0.965. The first-order chi connectivity index (χ1) is 6.68. The van der Waals surface area contributed by atoms with E-state index in [4.69, 9.17) is 5.73 Å². The number of hydrogen-bond donors (Lipinski definition) is 2. The number of nitrogens with two attached hydrogens (primary N) is 1. The number of nitrogens with zero attached hydrogens (tertiary/aromatic N) is 1. The molecule has 4 nitrogen and oxygen atoms in total. The average Bonchev–Trinajstić information content (AvgIpc) is 2.48. The number of carbonyl (C=O) groups excluding carboxylic acids is 1. The van der Waals surface area contributed by atoms with E-state index in [-0.39, 0.29) is 12.1 Å². The lowest BCUT2D eigenvalue weighted by molar-refractivity contribution is 0.217. The van der Waals surface area contributed by atoms with Crippen LogP contribution >= 0.6 is 0 Å². The van der Waals surface area contributed by atoms with E-state index < -0.39 is 0 Å². The maximum Gasteiger partial charge on any atom is 0.317 e. The zero-order chi connectivity index (χ0) is 10.1. The smallest absolute Gasteiger partial charge is 0.317 e. The summed E-state index contributed by atoms with van der Waals surface area (Å²) in [6.07, 6.45) is 0. The van der Waals surface area contributed by atoms with Crippen LogP contribution < -0.4 is 11.1 Å². The summed E-state index contributed by atoms with van der Waals surface area (Å²) in [5, 5.41) is 2.78. The molecular weight excluding hydrogens is 178 g/mol. The van der Waals surface area contributed by atoms with Crippen LogP contribution in [0.4, 0.5) is 10.5 Å². The fourth-order valence-corrected chi connectivity index (χ4v) is 1.69. The lowest BCUT2D eigenvalue weighted by Gasteiger charge is -2.18. The maximum absolute atomic E-state index is 11.2. The van der Waals surface area contributed by atoms with Crippen LogP contribution in [-0.4, -0.2) is 24.5 Å². The maximum atomic E-state index is 11.2. The molecule has 0 aromatic heterocycles. The third-order valence-electron chi connectivity index (χ3n) is 2.53. The van der Waals surface area contributed by atoms with Gasteiger partial charge >= 0.3 is 6.03 Å². The quantitative estimate of drug-likeness (QED) is 0.650. The molecule has 74 valence electrons. The van der Waals surface area contributed by atoms with Crippen molar-refractivity contribution in [2.75, 3.05) is 19.3 Å². The second-order valence-corrected chi connectivity index (χ2v) is 3.48. The largest absolute Gasteiger partial charge is 0.399 e. The van der Waals surface area contributed by atoms with Crippen LogP contribution in [0, 0.1) is 0 Å². The SMILES string of the molecule is CN1C(=O)NCC1c1cccc(N)c1. The molecule has 2 amide bonds. The van der Waals surface area contributed by atoms with Gasteiger partial charge in [-0.1, -0.05) is 12.1 Å². The van der Waals surface area contributed by atoms with Crippen molar-refractivity contribution in [1.82, 2.24) is 10.2 Å². The molecule has 14 heavy (non-hydrogen) atoms. The van der Waals surface area contributed by atoms with Gasteiger partial charge in [0.2, 0.25) is 0 Å². The molecule has 1 aromatic carbocycles. The summed E-state index contributed by atoms with van der Waals surface area (Å²) in [6, 6.07) is 7.71. The number of anilines is 1. The average molecular weight is 191 g/mol. The van der Waals surface area contributed by atoms with Gasteiger partial charge < -0.3 is 16.0 Å². The summed E-state index contributed by atoms with van der Waals surface area (Å²) >= 11 is 0. The van der Waals surface area contributed by atoms with Crippen molar-refractivity contribution in [2.45, 2.75) is 6.04 Å². The monoisotopic (exact) mass is 191 g/mol. The molecular formula is C10H13N3O. The van der Waals surface area contributed by atoms with Crippen LogP contribution in [0.5, 0.6) is 0 Å². The molecule has 1 aromatic rings. The van der Waals surface area contributed by atoms with Gasteiger partial charge in [0.25, 0.3) is 0 Å². The van der Waals surface area contributed by atoms with E-state index in [2.05, 4.69) is 5.32 Å². The summed E-state index contributed by atoms with van der Waals surface area (Å²) in [5.74, 6) is 0. The highest BCUT2D eigenvalue weighted by Crippen LogP contribution is 2.23. The van der Waals surface area contributed by atoms with Crippen molar-refractivity contribution in [3.05, 3.63) is 29.8 Å². The van der Waals surface area contributed by atoms with E-state index in [1.54, 1.807) is 11.9 Å². The molecule has 4 heteroatoms. The number of rotatable bonds is 1. The first-order valence-corrected chi connectivity index (χ1v) is 4.54. The summed E-state index contributed by atoms with van der Waals surface area (Å²) in [7, 11) is 1.79. The molecule has 0 spiro atoms. The van der Waals surface area contributed by atoms with E-state index in [0.29, 0.717) is 6.54 Å². The van der Waals surface area contributed by atoms with Gasteiger partial charge in [-0.25, -0.2) is 4.79 Å². The van der Waals surface area contributed by atoms with Crippen LogP contribution in [0.15, 0.2) is 24.3 Å². The minimum Gasteiger partial charge on any atom is -0.399 e. The fourth-order valence-electron chi connectivity index (χ4n) is 1.69. The van der Waals surface area contributed by atoms with E-state index in [9.17, 15) is 4.79 Å². The minimum absolute atomic E-state index is 0.0302. The molecule has 1 aliphatic heterocycles. The third-order valence-corrected chi connectivity index (χ3v) is 2.53. The summed E-state index contributed by atoms with van der Waals surface area (Å²) < 4.78 is 0. The lowest BCUT2D eigenvalue weighted by Crippen LogP contribution is -2.25. The third kappa shape index (κ3) is 1.39. The summed E-state index contributed by atoms with van der Waals surface area (Å²) in [4.78, 5) is 12.9. The highest BCUT2D eigenvalue weighted by Gasteiger charge is 2.28. The van der Waals surface area contributed by atoms with Crippen molar-refractivity contribution in [1.29, 1.82) is 0 Å². The highest BCUT2D eigenvalue weighted by molar-refractivity contribution is 5.77.